The Labute approximate surface area is 209 Å². The molecule has 0 saturated carbocycles. The monoisotopic (exact) mass is 483 g/mol. The van der Waals surface area contributed by atoms with Crippen molar-refractivity contribution in [1.29, 1.82) is 0 Å². The number of carbonyl (C=O) groups is 2. The van der Waals surface area contributed by atoms with Crippen LogP contribution in [0.1, 0.15) is 60.7 Å². The summed E-state index contributed by atoms with van der Waals surface area (Å²) in [5.41, 5.74) is 4.43. The molecular weight excluding hydrogens is 454 g/mol. The van der Waals surface area contributed by atoms with Crippen molar-refractivity contribution in [2.75, 3.05) is 0 Å². The number of imidazole rings is 1. The van der Waals surface area contributed by atoms with Crippen LogP contribution in [0.4, 0.5) is 0 Å². The van der Waals surface area contributed by atoms with Crippen molar-refractivity contribution in [3.8, 4) is 0 Å². The standard InChI is InChI=1S/C29H29N3O4/c1-17-8-6-14-31-18(2)23(30-27(17)31)25(33)22-24(19-10-12-20(13-11-19)29(3,4)5)32(28(35)26(22)34)16-21-9-7-15-36-21/h6-15,24,33H,16H2,1-5H3. The molecule has 0 radical (unpaired) electrons. The molecule has 7 heteroatoms. The Bertz CT molecular complexity index is 1500. The molecule has 1 unspecified atom stereocenters. The van der Waals surface area contributed by atoms with E-state index in [0.717, 1.165) is 16.7 Å². The maximum atomic E-state index is 13.4. The lowest BCUT2D eigenvalue weighted by Gasteiger charge is -2.25. The zero-order valence-corrected chi connectivity index (χ0v) is 21.1. The third-order valence-electron chi connectivity index (χ3n) is 6.85. The Morgan fingerprint density at radius 1 is 1.06 bits per heavy atom. The molecule has 0 aliphatic carbocycles. The summed E-state index contributed by atoms with van der Waals surface area (Å²) < 4.78 is 7.35. The first kappa shape index (κ1) is 23.6. The number of aliphatic hydroxyl groups is 1. The molecule has 1 aromatic carbocycles. The molecule has 3 aromatic heterocycles. The van der Waals surface area contributed by atoms with Crippen LogP contribution >= 0.6 is 0 Å². The van der Waals surface area contributed by atoms with E-state index in [1.165, 1.54) is 11.2 Å². The van der Waals surface area contributed by atoms with Gasteiger partial charge in [0.25, 0.3) is 11.7 Å². The molecule has 0 spiro atoms. The number of nitrogens with zero attached hydrogens (tertiary/aromatic N) is 3. The van der Waals surface area contributed by atoms with Crippen LogP contribution < -0.4 is 0 Å². The summed E-state index contributed by atoms with van der Waals surface area (Å²) in [6, 6.07) is 14.4. The highest BCUT2D eigenvalue weighted by molar-refractivity contribution is 6.46. The quantitative estimate of drug-likeness (QED) is 0.236. The molecular formula is C29H29N3O4. The predicted octanol–water partition coefficient (Wildman–Crippen LogP) is 5.46. The van der Waals surface area contributed by atoms with Crippen molar-refractivity contribution >= 4 is 23.1 Å². The van der Waals surface area contributed by atoms with Gasteiger partial charge in [0.2, 0.25) is 0 Å². The minimum Gasteiger partial charge on any atom is -0.505 e. The molecule has 1 N–H and O–H groups in total. The van der Waals surface area contributed by atoms with Crippen molar-refractivity contribution in [3.63, 3.8) is 0 Å². The van der Waals surface area contributed by atoms with Gasteiger partial charge in [-0.15, -0.1) is 0 Å². The lowest BCUT2D eigenvalue weighted by molar-refractivity contribution is -0.140. The van der Waals surface area contributed by atoms with E-state index in [9.17, 15) is 14.7 Å². The van der Waals surface area contributed by atoms with Crippen LogP contribution in [0.25, 0.3) is 11.4 Å². The SMILES string of the molecule is Cc1cccn2c(C)c(C(O)=C3C(=O)C(=O)N(Cc4ccco4)C3c3ccc(C(C)(C)C)cc3)nc12. The fraction of sp³-hybridized carbons (Fsp3) is 0.276. The van der Waals surface area contributed by atoms with Crippen molar-refractivity contribution in [3.05, 3.63) is 100 Å². The summed E-state index contributed by atoms with van der Waals surface area (Å²) in [6.45, 7) is 10.2. The van der Waals surface area contributed by atoms with Crippen LogP contribution in [0.15, 0.2) is 71.0 Å². The fourth-order valence-electron chi connectivity index (χ4n) is 4.80. The summed E-state index contributed by atoms with van der Waals surface area (Å²) in [5, 5.41) is 11.5. The zero-order valence-electron chi connectivity index (χ0n) is 21.1. The second-order valence-corrected chi connectivity index (χ2v) is 10.3. The number of carbonyl (C=O) groups excluding carboxylic acids is 2. The molecule has 4 aromatic rings. The van der Waals surface area contributed by atoms with Gasteiger partial charge in [0.1, 0.15) is 17.1 Å². The molecule has 1 aliphatic rings. The molecule has 1 amide bonds. The first-order valence-electron chi connectivity index (χ1n) is 11.9. The van der Waals surface area contributed by atoms with E-state index in [-0.39, 0.29) is 29.0 Å². The van der Waals surface area contributed by atoms with E-state index in [0.29, 0.717) is 17.1 Å². The fourth-order valence-corrected chi connectivity index (χ4v) is 4.80. The van der Waals surface area contributed by atoms with Crippen LogP contribution in [0.3, 0.4) is 0 Å². The van der Waals surface area contributed by atoms with Gasteiger partial charge in [-0.2, -0.15) is 0 Å². The highest BCUT2D eigenvalue weighted by atomic mass is 16.3. The first-order chi connectivity index (χ1) is 17.1. The summed E-state index contributed by atoms with van der Waals surface area (Å²) in [5.74, 6) is -1.15. The number of aromatic nitrogens is 2. The van der Waals surface area contributed by atoms with Gasteiger partial charge < -0.3 is 18.8 Å². The molecule has 1 atom stereocenters. The highest BCUT2D eigenvalue weighted by Gasteiger charge is 2.47. The highest BCUT2D eigenvalue weighted by Crippen LogP contribution is 2.41. The average Bonchev–Trinajstić information content (AvgIpc) is 3.53. The van der Waals surface area contributed by atoms with E-state index in [1.54, 1.807) is 12.1 Å². The number of fused-ring (bicyclic) bond motifs is 1. The number of likely N-dealkylation sites (tertiary alicyclic amines) is 1. The summed E-state index contributed by atoms with van der Waals surface area (Å²) in [6.07, 6.45) is 3.39. The summed E-state index contributed by atoms with van der Waals surface area (Å²) in [4.78, 5) is 32.7. The first-order valence-corrected chi connectivity index (χ1v) is 11.9. The molecule has 7 nitrogen and oxygen atoms in total. The molecule has 184 valence electrons. The van der Waals surface area contributed by atoms with Gasteiger partial charge in [0.15, 0.2) is 5.76 Å². The van der Waals surface area contributed by atoms with Crippen molar-refractivity contribution in [2.24, 2.45) is 0 Å². The van der Waals surface area contributed by atoms with Gasteiger partial charge in [-0.1, -0.05) is 51.1 Å². The molecule has 1 saturated heterocycles. The third-order valence-corrected chi connectivity index (χ3v) is 6.85. The number of benzene rings is 1. The van der Waals surface area contributed by atoms with Crippen LogP contribution in [0, 0.1) is 13.8 Å². The number of aliphatic hydroxyl groups excluding tert-OH is 1. The molecule has 0 bridgehead atoms. The lowest BCUT2D eigenvalue weighted by atomic mass is 9.85. The Morgan fingerprint density at radius 2 is 1.78 bits per heavy atom. The van der Waals surface area contributed by atoms with Gasteiger partial charge in [-0.05, 0) is 54.2 Å². The van der Waals surface area contributed by atoms with Crippen LogP contribution in [0.5, 0.6) is 0 Å². The number of furan rings is 1. The van der Waals surface area contributed by atoms with Gasteiger partial charge in [-0.3, -0.25) is 9.59 Å². The van der Waals surface area contributed by atoms with E-state index in [4.69, 9.17) is 4.42 Å². The molecule has 4 heterocycles. The number of amides is 1. The van der Waals surface area contributed by atoms with Crippen LogP contribution in [-0.4, -0.2) is 31.1 Å². The Morgan fingerprint density at radius 3 is 2.39 bits per heavy atom. The average molecular weight is 484 g/mol. The zero-order chi connectivity index (χ0) is 25.8. The summed E-state index contributed by atoms with van der Waals surface area (Å²) in [7, 11) is 0. The number of aryl methyl sites for hydroxylation is 2. The Balaban J connectivity index is 1.70. The second-order valence-electron chi connectivity index (χ2n) is 10.3. The topological polar surface area (TPSA) is 88.0 Å². The summed E-state index contributed by atoms with van der Waals surface area (Å²) >= 11 is 0. The molecule has 1 fully saturated rings. The van der Waals surface area contributed by atoms with Crippen molar-refractivity contribution in [1.82, 2.24) is 14.3 Å². The number of ketones is 1. The normalized spacial score (nSPS) is 17.9. The molecule has 1 aliphatic heterocycles. The van der Waals surface area contributed by atoms with Gasteiger partial charge >= 0.3 is 0 Å². The van der Waals surface area contributed by atoms with Crippen LogP contribution in [-0.2, 0) is 21.5 Å². The maximum Gasteiger partial charge on any atom is 0.296 e. The minimum absolute atomic E-state index is 0.0271. The van der Waals surface area contributed by atoms with E-state index in [1.807, 2.05) is 60.8 Å². The maximum absolute atomic E-state index is 13.4. The van der Waals surface area contributed by atoms with E-state index >= 15 is 0 Å². The molecule has 5 rings (SSSR count). The lowest BCUT2D eigenvalue weighted by Crippen LogP contribution is -2.29. The minimum atomic E-state index is -0.783. The smallest absolute Gasteiger partial charge is 0.296 e. The predicted molar refractivity (Wildman–Crippen MR) is 136 cm³/mol. The van der Waals surface area contributed by atoms with E-state index < -0.39 is 17.7 Å². The number of hydrogen-bond acceptors (Lipinski definition) is 5. The second kappa shape index (κ2) is 8.52. The van der Waals surface area contributed by atoms with Crippen molar-refractivity contribution < 1.29 is 19.1 Å². The number of rotatable bonds is 4. The largest absolute Gasteiger partial charge is 0.505 e. The number of Topliss-reactive ketones (excluding diaryl/α,β-unsaturated/α-hetero) is 1. The molecule has 36 heavy (non-hydrogen) atoms. The van der Waals surface area contributed by atoms with Crippen LogP contribution in [0.2, 0.25) is 0 Å². The van der Waals surface area contributed by atoms with E-state index in [2.05, 4.69) is 25.8 Å². The third kappa shape index (κ3) is 3.81. The van der Waals surface area contributed by atoms with Gasteiger partial charge in [0.05, 0.1) is 30.1 Å². The number of hydrogen-bond donors (Lipinski definition) is 1. The van der Waals surface area contributed by atoms with Crippen molar-refractivity contribution in [2.45, 2.75) is 52.6 Å². The number of pyridine rings is 1. The Hall–Kier alpha value is -4.13. The van der Waals surface area contributed by atoms with Gasteiger partial charge in [0, 0.05) is 6.20 Å². The Kier molecular flexibility index (Phi) is 5.58. The van der Waals surface area contributed by atoms with Gasteiger partial charge in [-0.25, -0.2) is 4.98 Å².